The van der Waals surface area contributed by atoms with Crippen LogP contribution in [-0.2, 0) is 0 Å². The summed E-state index contributed by atoms with van der Waals surface area (Å²) in [4.78, 5) is 12.1. The van der Waals surface area contributed by atoms with Crippen LogP contribution in [0.3, 0.4) is 0 Å². The molecule has 1 aromatic heterocycles. The molecular weight excluding hydrogens is 260 g/mol. The first-order valence-corrected chi connectivity index (χ1v) is 7.10. The van der Waals surface area contributed by atoms with Gasteiger partial charge in [-0.3, -0.25) is 14.6 Å². The Bertz CT molecular complexity index is 785. The molecule has 0 saturated carbocycles. The van der Waals surface area contributed by atoms with Crippen LogP contribution in [0.2, 0.25) is 0 Å². The third-order valence-corrected chi connectivity index (χ3v) is 3.88. The standard InChI is InChI=1S/C18H18N2O/c1-13-17(16-11-7-4-8-12-16)20(19-18(13)21)14(2)15-9-5-3-6-10-15/h3-12,14H,1-2H3,(H,19,21). The molecule has 0 aliphatic rings. The Balaban J connectivity index is 2.16. The number of nitrogens with zero attached hydrogens (tertiary/aromatic N) is 1. The van der Waals surface area contributed by atoms with Gasteiger partial charge >= 0.3 is 0 Å². The monoisotopic (exact) mass is 278 g/mol. The molecule has 106 valence electrons. The molecule has 0 saturated heterocycles. The van der Waals surface area contributed by atoms with Crippen molar-refractivity contribution >= 4 is 0 Å². The second-order valence-corrected chi connectivity index (χ2v) is 5.24. The van der Waals surface area contributed by atoms with Gasteiger partial charge in [0.25, 0.3) is 5.56 Å². The van der Waals surface area contributed by atoms with Crippen molar-refractivity contribution in [3.05, 3.63) is 82.1 Å². The Hall–Kier alpha value is -2.55. The van der Waals surface area contributed by atoms with Crippen LogP contribution >= 0.6 is 0 Å². The van der Waals surface area contributed by atoms with Gasteiger partial charge in [0, 0.05) is 11.1 Å². The summed E-state index contributed by atoms with van der Waals surface area (Å²) in [6.07, 6.45) is 0. The molecule has 3 rings (SSSR count). The average Bonchev–Trinajstić information content (AvgIpc) is 2.84. The Morgan fingerprint density at radius 2 is 1.52 bits per heavy atom. The van der Waals surface area contributed by atoms with Crippen LogP contribution in [0, 0.1) is 6.92 Å². The molecule has 1 unspecified atom stereocenters. The Labute approximate surface area is 123 Å². The number of hydrogen-bond acceptors (Lipinski definition) is 1. The summed E-state index contributed by atoms with van der Waals surface area (Å²) >= 11 is 0. The minimum Gasteiger partial charge on any atom is -0.277 e. The van der Waals surface area contributed by atoms with Crippen LogP contribution in [0.25, 0.3) is 11.3 Å². The molecule has 0 bridgehead atoms. The van der Waals surface area contributed by atoms with Gasteiger partial charge in [-0.05, 0) is 19.4 Å². The van der Waals surface area contributed by atoms with Crippen LogP contribution in [0.15, 0.2) is 65.5 Å². The zero-order chi connectivity index (χ0) is 14.8. The van der Waals surface area contributed by atoms with Crippen molar-refractivity contribution in [1.29, 1.82) is 0 Å². The van der Waals surface area contributed by atoms with Gasteiger partial charge in [0.1, 0.15) is 0 Å². The predicted molar refractivity (Wildman–Crippen MR) is 85.5 cm³/mol. The van der Waals surface area contributed by atoms with Gasteiger partial charge in [-0.25, -0.2) is 0 Å². The Kier molecular flexibility index (Phi) is 3.48. The summed E-state index contributed by atoms with van der Waals surface area (Å²) in [5.74, 6) is 0. The number of rotatable bonds is 3. The van der Waals surface area contributed by atoms with E-state index in [2.05, 4.69) is 24.2 Å². The lowest BCUT2D eigenvalue weighted by Gasteiger charge is -2.17. The molecule has 0 aliphatic carbocycles. The lowest BCUT2D eigenvalue weighted by molar-refractivity contribution is 0.566. The molecule has 21 heavy (non-hydrogen) atoms. The Morgan fingerprint density at radius 3 is 2.14 bits per heavy atom. The van der Waals surface area contributed by atoms with Crippen LogP contribution < -0.4 is 5.56 Å². The highest BCUT2D eigenvalue weighted by atomic mass is 16.1. The zero-order valence-corrected chi connectivity index (χ0v) is 12.2. The van der Waals surface area contributed by atoms with E-state index in [1.807, 2.05) is 60.1 Å². The molecule has 3 aromatic rings. The first-order chi connectivity index (χ1) is 10.2. The SMILES string of the molecule is Cc1c(-c2ccccc2)n(C(C)c2ccccc2)[nH]c1=O. The fraction of sp³-hybridized carbons (Fsp3) is 0.167. The molecule has 0 fully saturated rings. The quantitative estimate of drug-likeness (QED) is 0.778. The fourth-order valence-electron chi connectivity index (χ4n) is 2.66. The summed E-state index contributed by atoms with van der Waals surface area (Å²) in [7, 11) is 0. The lowest BCUT2D eigenvalue weighted by Crippen LogP contribution is -2.12. The van der Waals surface area contributed by atoms with Gasteiger partial charge < -0.3 is 0 Å². The summed E-state index contributed by atoms with van der Waals surface area (Å²) in [5.41, 5.74) is 3.90. The highest BCUT2D eigenvalue weighted by Crippen LogP contribution is 2.26. The summed E-state index contributed by atoms with van der Waals surface area (Å²) in [5, 5.41) is 2.97. The van der Waals surface area contributed by atoms with Gasteiger partial charge in [0.2, 0.25) is 0 Å². The number of aromatic nitrogens is 2. The first kappa shape index (κ1) is 13.4. The number of nitrogens with one attached hydrogen (secondary N) is 1. The smallest absolute Gasteiger partial charge is 0.267 e. The van der Waals surface area contributed by atoms with Crippen LogP contribution in [0.4, 0.5) is 0 Å². The van der Waals surface area contributed by atoms with E-state index in [-0.39, 0.29) is 11.6 Å². The van der Waals surface area contributed by atoms with Gasteiger partial charge in [0.15, 0.2) is 0 Å². The number of hydrogen-bond donors (Lipinski definition) is 1. The van der Waals surface area contributed by atoms with E-state index in [9.17, 15) is 4.79 Å². The van der Waals surface area contributed by atoms with Crippen LogP contribution in [0.1, 0.15) is 24.1 Å². The normalized spacial score (nSPS) is 12.3. The van der Waals surface area contributed by atoms with E-state index in [0.29, 0.717) is 0 Å². The van der Waals surface area contributed by atoms with Crippen LogP contribution in [0.5, 0.6) is 0 Å². The minimum atomic E-state index is -0.0309. The van der Waals surface area contributed by atoms with Crippen molar-refractivity contribution in [2.75, 3.05) is 0 Å². The van der Waals surface area contributed by atoms with E-state index < -0.39 is 0 Å². The molecule has 0 radical (unpaired) electrons. The average molecular weight is 278 g/mol. The number of aromatic amines is 1. The summed E-state index contributed by atoms with van der Waals surface area (Å²) in [6, 6.07) is 20.3. The molecule has 2 aromatic carbocycles. The summed E-state index contributed by atoms with van der Waals surface area (Å²) < 4.78 is 1.96. The van der Waals surface area contributed by atoms with Gasteiger partial charge in [0.05, 0.1) is 11.7 Å². The maximum Gasteiger partial charge on any atom is 0.267 e. The molecule has 0 aliphatic heterocycles. The maximum absolute atomic E-state index is 12.1. The molecule has 1 heterocycles. The van der Waals surface area contributed by atoms with Gasteiger partial charge in [-0.1, -0.05) is 60.7 Å². The van der Waals surface area contributed by atoms with Crippen molar-refractivity contribution in [2.45, 2.75) is 19.9 Å². The minimum absolute atomic E-state index is 0.0309. The van der Waals surface area contributed by atoms with E-state index in [1.165, 1.54) is 5.56 Å². The molecule has 1 N–H and O–H groups in total. The maximum atomic E-state index is 12.1. The molecule has 0 amide bonds. The van der Waals surface area contributed by atoms with E-state index in [0.717, 1.165) is 16.8 Å². The fourth-order valence-corrected chi connectivity index (χ4v) is 2.66. The van der Waals surface area contributed by atoms with E-state index >= 15 is 0 Å². The van der Waals surface area contributed by atoms with Gasteiger partial charge in [-0.2, -0.15) is 0 Å². The van der Waals surface area contributed by atoms with E-state index in [4.69, 9.17) is 0 Å². The predicted octanol–water partition coefficient (Wildman–Crippen LogP) is 3.76. The third-order valence-electron chi connectivity index (χ3n) is 3.88. The molecule has 0 spiro atoms. The topological polar surface area (TPSA) is 37.8 Å². The van der Waals surface area contributed by atoms with Crippen LogP contribution in [-0.4, -0.2) is 9.78 Å². The van der Waals surface area contributed by atoms with Crippen molar-refractivity contribution in [2.24, 2.45) is 0 Å². The molecule has 3 nitrogen and oxygen atoms in total. The lowest BCUT2D eigenvalue weighted by atomic mass is 10.1. The summed E-state index contributed by atoms with van der Waals surface area (Å²) in [6.45, 7) is 3.96. The zero-order valence-electron chi connectivity index (χ0n) is 12.2. The van der Waals surface area contributed by atoms with Crippen molar-refractivity contribution in [3.8, 4) is 11.3 Å². The first-order valence-electron chi connectivity index (χ1n) is 7.10. The number of benzene rings is 2. The van der Waals surface area contributed by atoms with E-state index in [1.54, 1.807) is 0 Å². The molecular formula is C18H18N2O. The third kappa shape index (κ3) is 2.42. The second kappa shape index (κ2) is 5.44. The second-order valence-electron chi connectivity index (χ2n) is 5.24. The highest BCUT2D eigenvalue weighted by Gasteiger charge is 2.17. The van der Waals surface area contributed by atoms with Crippen molar-refractivity contribution < 1.29 is 0 Å². The highest BCUT2D eigenvalue weighted by molar-refractivity contribution is 5.63. The van der Waals surface area contributed by atoms with Crippen molar-refractivity contribution in [3.63, 3.8) is 0 Å². The number of H-pyrrole nitrogens is 1. The molecule has 1 atom stereocenters. The molecule has 3 heteroatoms. The largest absolute Gasteiger partial charge is 0.277 e. The Morgan fingerprint density at radius 1 is 0.952 bits per heavy atom. The van der Waals surface area contributed by atoms with Gasteiger partial charge in [-0.15, -0.1) is 0 Å². The van der Waals surface area contributed by atoms with Crippen molar-refractivity contribution in [1.82, 2.24) is 9.78 Å².